The van der Waals surface area contributed by atoms with Crippen molar-refractivity contribution in [2.24, 2.45) is 0 Å². The van der Waals surface area contributed by atoms with Crippen LogP contribution in [0.3, 0.4) is 0 Å². The molecule has 0 atom stereocenters. The van der Waals surface area contributed by atoms with Gasteiger partial charge in [0.2, 0.25) is 0 Å². The van der Waals surface area contributed by atoms with Crippen molar-refractivity contribution < 1.29 is 37.8 Å². The van der Waals surface area contributed by atoms with E-state index in [1.165, 1.54) is 10.8 Å². The number of nitrogens with one attached hydrogen (secondary N) is 1. The van der Waals surface area contributed by atoms with Gasteiger partial charge >= 0.3 is 18.1 Å². The number of hydrogen-bond acceptors (Lipinski definition) is 7. The Kier molecular flexibility index (Phi) is 11.4. The van der Waals surface area contributed by atoms with E-state index in [0.29, 0.717) is 29.3 Å². The predicted molar refractivity (Wildman–Crippen MR) is 111 cm³/mol. The first kappa shape index (κ1) is 26.2. The van der Waals surface area contributed by atoms with Crippen molar-refractivity contribution in [1.82, 2.24) is 15.3 Å². The lowest BCUT2D eigenvalue weighted by atomic mass is 10.1. The van der Waals surface area contributed by atoms with Gasteiger partial charge in [0.05, 0.1) is 17.7 Å². The third-order valence-corrected chi connectivity index (χ3v) is 5.61. The summed E-state index contributed by atoms with van der Waals surface area (Å²) < 4.78 is 31.7. The molecule has 2 heterocycles. The first-order chi connectivity index (χ1) is 14.6. The highest BCUT2D eigenvalue weighted by molar-refractivity contribution is 8.76. The van der Waals surface area contributed by atoms with Crippen molar-refractivity contribution in [2.45, 2.75) is 12.6 Å². The molecule has 8 nitrogen and oxygen atoms in total. The average molecular weight is 477 g/mol. The zero-order valence-electron chi connectivity index (χ0n) is 15.8. The molecule has 2 aromatic rings. The van der Waals surface area contributed by atoms with Crippen molar-refractivity contribution in [1.29, 1.82) is 0 Å². The topological polar surface area (TPSA) is 129 Å². The Bertz CT molecular complexity index is 870. The monoisotopic (exact) mass is 477 g/mol. The second-order valence-corrected chi connectivity index (χ2v) is 8.18. The predicted octanol–water partition coefficient (Wildman–Crippen LogP) is 3.36. The molecule has 0 aliphatic carbocycles. The van der Waals surface area contributed by atoms with E-state index in [2.05, 4.69) is 15.3 Å². The van der Waals surface area contributed by atoms with E-state index in [-0.39, 0.29) is 12.3 Å². The lowest BCUT2D eigenvalue weighted by Gasteiger charge is -2.09. The number of hydrogen-bond donors (Lipinski definition) is 3. The molecule has 0 fully saturated rings. The molecule has 0 aliphatic rings. The summed E-state index contributed by atoms with van der Waals surface area (Å²) in [4.78, 5) is 39.9. The van der Waals surface area contributed by atoms with Crippen molar-refractivity contribution in [3.05, 3.63) is 48.4 Å². The number of alkyl halides is 3. The minimum absolute atomic E-state index is 0.148. The zero-order valence-corrected chi connectivity index (χ0v) is 17.5. The number of amides is 1. The van der Waals surface area contributed by atoms with Crippen LogP contribution in [0, 0.1) is 0 Å². The Balaban J connectivity index is 0.000000592. The van der Waals surface area contributed by atoms with E-state index in [1.807, 2.05) is 12.1 Å². The van der Waals surface area contributed by atoms with Crippen LogP contribution in [0.5, 0.6) is 0 Å². The summed E-state index contributed by atoms with van der Waals surface area (Å²) in [6.07, 6.45) is 0.0455. The molecular formula is C18H18F3N3O5S2. The van der Waals surface area contributed by atoms with E-state index in [1.54, 1.807) is 41.5 Å². The van der Waals surface area contributed by atoms with Crippen LogP contribution in [0.15, 0.2) is 42.9 Å². The zero-order chi connectivity index (χ0) is 23.3. The molecule has 0 saturated heterocycles. The summed E-state index contributed by atoms with van der Waals surface area (Å²) >= 11 is 0. The van der Waals surface area contributed by atoms with Gasteiger partial charge in [0.15, 0.2) is 0 Å². The van der Waals surface area contributed by atoms with Crippen LogP contribution >= 0.6 is 21.6 Å². The fraction of sp³-hybridized carbons (Fsp3) is 0.278. The summed E-state index contributed by atoms with van der Waals surface area (Å²) in [5.41, 5.74) is 1.99. The van der Waals surface area contributed by atoms with E-state index in [4.69, 9.17) is 15.0 Å². The highest BCUT2D eigenvalue weighted by atomic mass is 33.1. The maximum atomic E-state index is 12.4. The van der Waals surface area contributed by atoms with Crippen LogP contribution in [0.4, 0.5) is 13.2 Å². The number of carboxylic acids is 2. The smallest absolute Gasteiger partial charge is 0.481 e. The molecule has 2 aromatic heterocycles. The van der Waals surface area contributed by atoms with Crippen molar-refractivity contribution >= 4 is 39.4 Å². The molecule has 0 spiro atoms. The number of pyridine rings is 2. The molecule has 31 heavy (non-hydrogen) atoms. The molecule has 0 radical (unpaired) electrons. The van der Waals surface area contributed by atoms with Gasteiger partial charge in [0.1, 0.15) is 0 Å². The lowest BCUT2D eigenvalue weighted by Crippen LogP contribution is -2.26. The Labute approximate surface area is 183 Å². The van der Waals surface area contributed by atoms with Gasteiger partial charge in [-0.1, -0.05) is 21.6 Å². The number of aromatic nitrogens is 2. The van der Waals surface area contributed by atoms with Crippen LogP contribution in [0.1, 0.15) is 16.8 Å². The normalized spacial score (nSPS) is 10.5. The number of carbonyl (C=O) groups excluding carboxylic acids is 1. The Morgan fingerprint density at radius 2 is 1.61 bits per heavy atom. The molecule has 3 N–H and O–H groups in total. The van der Waals surface area contributed by atoms with E-state index >= 15 is 0 Å². The number of nitrogens with zero attached hydrogens (tertiary/aromatic N) is 2. The van der Waals surface area contributed by atoms with Crippen molar-refractivity contribution in [2.75, 3.05) is 18.1 Å². The van der Waals surface area contributed by atoms with Gasteiger partial charge in [0, 0.05) is 42.2 Å². The first-order valence-electron chi connectivity index (χ1n) is 8.53. The second kappa shape index (κ2) is 13.5. The molecule has 1 amide bonds. The fourth-order valence-electron chi connectivity index (χ4n) is 1.88. The highest BCUT2D eigenvalue weighted by Gasteiger charge is 2.38. The molecule has 13 heteroatoms. The highest BCUT2D eigenvalue weighted by Crippen LogP contribution is 2.22. The standard InChI is InChI=1S/C16H17N3O3S2.C2HF3O2/c20-14(21)5-10-23-24-11-9-19-16(22)13-2-1-6-18-15(13)12-3-7-17-8-4-12;3-2(4,5)1(6)7/h1-4,6-8H,5,9-11H2,(H,19,22)(H,20,21);(H,6,7). The number of carbonyl (C=O) groups is 3. The van der Waals surface area contributed by atoms with Crippen LogP contribution in [0.2, 0.25) is 0 Å². The van der Waals surface area contributed by atoms with Gasteiger partial charge in [-0.25, -0.2) is 4.79 Å². The minimum Gasteiger partial charge on any atom is -0.481 e. The van der Waals surface area contributed by atoms with Crippen LogP contribution < -0.4 is 5.32 Å². The van der Waals surface area contributed by atoms with Crippen LogP contribution in [-0.4, -0.2) is 62.3 Å². The molecule has 0 bridgehead atoms. The molecule has 168 valence electrons. The molecule has 2 rings (SSSR count). The molecule has 0 saturated carbocycles. The Hall–Kier alpha value is -2.80. The van der Waals surface area contributed by atoms with E-state index < -0.39 is 18.1 Å². The third kappa shape index (κ3) is 10.7. The largest absolute Gasteiger partial charge is 0.490 e. The summed E-state index contributed by atoms with van der Waals surface area (Å²) in [5.74, 6) is -2.46. The average Bonchev–Trinajstić information content (AvgIpc) is 2.73. The second-order valence-electron chi connectivity index (χ2n) is 5.48. The van der Waals surface area contributed by atoms with Gasteiger partial charge in [-0.15, -0.1) is 0 Å². The lowest BCUT2D eigenvalue weighted by molar-refractivity contribution is -0.192. The first-order valence-corrected chi connectivity index (χ1v) is 11.0. The summed E-state index contributed by atoms with van der Waals surface area (Å²) in [6.45, 7) is 0.508. The van der Waals surface area contributed by atoms with E-state index in [0.717, 1.165) is 5.56 Å². The van der Waals surface area contributed by atoms with E-state index in [9.17, 15) is 22.8 Å². The third-order valence-electron chi connectivity index (χ3n) is 3.20. The number of carboxylic acid groups (broad SMARTS) is 2. The Morgan fingerprint density at radius 1 is 1.00 bits per heavy atom. The molecule has 0 unspecified atom stereocenters. The van der Waals surface area contributed by atoms with Crippen molar-refractivity contribution in [3.63, 3.8) is 0 Å². The maximum absolute atomic E-state index is 12.4. The number of rotatable bonds is 9. The van der Waals surface area contributed by atoms with Gasteiger partial charge in [-0.2, -0.15) is 13.2 Å². The summed E-state index contributed by atoms with van der Waals surface area (Å²) in [7, 11) is 3.04. The maximum Gasteiger partial charge on any atom is 0.490 e. The van der Waals surface area contributed by atoms with Gasteiger partial charge < -0.3 is 15.5 Å². The van der Waals surface area contributed by atoms with Gasteiger partial charge in [-0.3, -0.25) is 19.6 Å². The molecular weight excluding hydrogens is 459 g/mol. The molecule has 0 aliphatic heterocycles. The number of aliphatic carboxylic acids is 2. The number of halogens is 3. The van der Waals surface area contributed by atoms with Gasteiger partial charge in [-0.05, 0) is 24.3 Å². The summed E-state index contributed by atoms with van der Waals surface area (Å²) in [5, 5.41) is 18.5. The minimum atomic E-state index is -5.08. The van der Waals surface area contributed by atoms with Gasteiger partial charge in [0.25, 0.3) is 5.91 Å². The molecule has 0 aromatic carbocycles. The van der Waals surface area contributed by atoms with Crippen LogP contribution in [-0.2, 0) is 9.59 Å². The summed E-state index contributed by atoms with van der Waals surface area (Å²) in [6, 6.07) is 7.10. The SMILES string of the molecule is O=C(O)C(F)(F)F.O=C(O)CCSSCCNC(=O)c1cccnc1-c1ccncc1. The quantitative estimate of drug-likeness (QED) is 0.368. The Morgan fingerprint density at radius 3 is 2.19 bits per heavy atom. The fourth-order valence-corrected chi connectivity index (χ4v) is 3.76. The van der Waals surface area contributed by atoms with Crippen molar-refractivity contribution in [3.8, 4) is 11.3 Å². The van der Waals surface area contributed by atoms with Crippen LogP contribution in [0.25, 0.3) is 11.3 Å².